The van der Waals surface area contributed by atoms with E-state index in [9.17, 15) is 4.79 Å². The number of hydrogen-bond donors (Lipinski definition) is 2. The number of carbonyl (C=O) groups excluding carboxylic acids is 1. The number of primary amides is 1. The highest BCUT2D eigenvalue weighted by Gasteiger charge is 2.12. The lowest BCUT2D eigenvalue weighted by Crippen LogP contribution is -2.11. The molecule has 0 aliphatic rings. The highest BCUT2D eigenvalue weighted by Crippen LogP contribution is 2.25. The third kappa shape index (κ3) is 2.34. The molecule has 6 nitrogen and oxygen atoms in total. The van der Waals surface area contributed by atoms with E-state index in [0.29, 0.717) is 16.9 Å². The van der Waals surface area contributed by atoms with Crippen LogP contribution in [0.15, 0.2) is 54.9 Å². The number of para-hydroxylation sites is 1. The van der Waals surface area contributed by atoms with Gasteiger partial charge in [-0.25, -0.2) is 4.98 Å². The van der Waals surface area contributed by atoms with Crippen LogP contribution in [0.3, 0.4) is 0 Å². The van der Waals surface area contributed by atoms with E-state index in [0.717, 1.165) is 22.2 Å². The number of aromatic nitrogens is 4. The van der Waals surface area contributed by atoms with Crippen molar-refractivity contribution in [3.05, 3.63) is 60.4 Å². The van der Waals surface area contributed by atoms with Crippen LogP contribution < -0.4 is 5.73 Å². The van der Waals surface area contributed by atoms with Gasteiger partial charge in [0, 0.05) is 24.4 Å². The molecule has 2 heterocycles. The first-order chi connectivity index (χ1) is 11.6. The Balaban J connectivity index is 1.75. The predicted molar refractivity (Wildman–Crippen MR) is 92.2 cm³/mol. The Bertz CT molecular complexity index is 1040. The molecule has 0 atom stereocenters. The number of nitrogens with zero attached hydrogens (tertiary/aromatic N) is 3. The van der Waals surface area contributed by atoms with Crippen molar-refractivity contribution in [2.45, 2.75) is 0 Å². The number of aryl methyl sites for hydroxylation is 1. The molecule has 0 spiro atoms. The highest BCUT2D eigenvalue weighted by molar-refractivity contribution is 6.04. The molecule has 2 aromatic heterocycles. The topological polar surface area (TPSA) is 89.6 Å². The van der Waals surface area contributed by atoms with Gasteiger partial charge in [-0.05, 0) is 17.7 Å². The summed E-state index contributed by atoms with van der Waals surface area (Å²) in [6.45, 7) is 0. The van der Waals surface area contributed by atoms with Crippen LogP contribution >= 0.6 is 0 Å². The van der Waals surface area contributed by atoms with E-state index in [-0.39, 0.29) is 0 Å². The van der Waals surface area contributed by atoms with Crippen LogP contribution in [0.1, 0.15) is 10.4 Å². The fourth-order valence-electron chi connectivity index (χ4n) is 2.76. The van der Waals surface area contributed by atoms with E-state index in [4.69, 9.17) is 5.73 Å². The minimum absolute atomic E-state index is 0.419. The SMILES string of the molecule is Cn1cc(-c2ccc(-c3nc4c(C(N)=O)cccc4[nH]3)cc2)cn1. The molecule has 1 amide bonds. The fourth-order valence-corrected chi connectivity index (χ4v) is 2.76. The van der Waals surface area contributed by atoms with Gasteiger partial charge in [0.15, 0.2) is 0 Å². The Kier molecular flexibility index (Phi) is 3.16. The second-order valence-corrected chi connectivity index (χ2v) is 5.63. The molecule has 0 saturated carbocycles. The van der Waals surface area contributed by atoms with Crippen molar-refractivity contribution >= 4 is 16.9 Å². The van der Waals surface area contributed by atoms with Gasteiger partial charge in [-0.2, -0.15) is 5.10 Å². The maximum atomic E-state index is 11.5. The number of aromatic amines is 1. The van der Waals surface area contributed by atoms with Gasteiger partial charge in [-0.3, -0.25) is 9.48 Å². The van der Waals surface area contributed by atoms with E-state index < -0.39 is 5.91 Å². The van der Waals surface area contributed by atoms with E-state index in [1.54, 1.807) is 16.8 Å². The van der Waals surface area contributed by atoms with Crippen molar-refractivity contribution < 1.29 is 4.79 Å². The van der Waals surface area contributed by atoms with E-state index >= 15 is 0 Å². The van der Waals surface area contributed by atoms with Gasteiger partial charge in [0.05, 0.1) is 17.3 Å². The quantitative estimate of drug-likeness (QED) is 0.609. The van der Waals surface area contributed by atoms with Crippen molar-refractivity contribution in [3.8, 4) is 22.5 Å². The van der Waals surface area contributed by atoms with Crippen LogP contribution in [0.4, 0.5) is 0 Å². The number of carbonyl (C=O) groups is 1. The first-order valence-electron chi connectivity index (χ1n) is 7.50. The molecule has 0 radical (unpaired) electrons. The Hall–Kier alpha value is -3.41. The van der Waals surface area contributed by atoms with E-state index in [1.807, 2.05) is 49.8 Å². The number of H-pyrrole nitrogens is 1. The highest BCUT2D eigenvalue weighted by atomic mass is 16.1. The average molecular weight is 317 g/mol. The molecule has 6 heteroatoms. The van der Waals surface area contributed by atoms with Crippen LogP contribution in [-0.2, 0) is 7.05 Å². The van der Waals surface area contributed by atoms with E-state index in [2.05, 4.69) is 15.1 Å². The minimum Gasteiger partial charge on any atom is -0.366 e. The Morgan fingerprint density at radius 1 is 1.08 bits per heavy atom. The number of nitrogens with one attached hydrogen (secondary N) is 1. The van der Waals surface area contributed by atoms with Gasteiger partial charge in [0.1, 0.15) is 11.3 Å². The number of hydrogen-bond acceptors (Lipinski definition) is 3. The lowest BCUT2D eigenvalue weighted by Gasteiger charge is -2.00. The van der Waals surface area contributed by atoms with Gasteiger partial charge >= 0.3 is 0 Å². The monoisotopic (exact) mass is 317 g/mol. The second kappa shape index (κ2) is 5.34. The second-order valence-electron chi connectivity index (χ2n) is 5.63. The molecule has 4 aromatic rings. The molecular weight excluding hydrogens is 302 g/mol. The summed E-state index contributed by atoms with van der Waals surface area (Å²) in [6.07, 6.45) is 3.80. The summed E-state index contributed by atoms with van der Waals surface area (Å²) in [4.78, 5) is 19.3. The van der Waals surface area contributed by atoms with Gasteiger partial charge in [-0.1, -0.05) is 30.3 Å². The number of fused-ring (bicyclic) bond motifs is 1. The molecule has 3 N–H and O–H groups in total. The summed E-state index contributed by atoms with van der Waals surface area (Å²) < 4.78 is 1.77. The van der Waals surface area contributed by atoms with Crippen LogP contribution in [0.25, 0.3) is 33.5 Å². The molecule has 0 aliphatic heterocycles. The molecule has 0 bridgehead atoms. The lowest BCUT2D eigenvalue weighted by atomic mass is 10.1. The summed E-state index contributed by atoms with van der Waals surface area (Å²) in [5.74, 6) is 0.224. The summed E-state index contributed by atoms with van der Waals surface area (Å²) >= 11 is 0. The smallest absolute Gasteiger partial charge is 0.250 e. The average Bonchev–Trinajstić information content (AvgIpc) is 3.20. The van der Waals surface area contributed by atoms with Crippen molar-refractivity contribution in [2.24, 2.45) is 12.8 Å². The zero-order valence-corrected chi connectivity index (χ0v) is 13.0. The van der Waals surface area contributed by atoms with Gasteiger partial charge in [-0.15, -0.1) is 0 Å². The first kappa shape index (κ1) is 14.2. The number of rotatable bonds is 3. The number of amides is 1. The Morgan fingerprint density at radius 3 is 2.50 bits per heavy atom. The third-order valence-corrected chi connectivity index (χ3v) is 3.97. The first-order valence-corrected chi connectivity index (χ1v) is 7.50. The summed E-state index contributed by atoms with van der Waals surface area (Å²) in [5, 5.41) is 4.18. The fraction of sp³-hybridized carbons (Fsp3) is 0.0556. The van der Waals surface area contributed by atoms with Crippen molar-refractivity contribution in [1.29, 1.82) is 0 Å². The van der Waals surface area contributed by atoms with Gasteiger partial charge in [0.25, 0.3) is 5.91 Å². The maximum Gasteiger partial charge on any atom is 0.250 e. The van der Waals surface area contributed by atoms with Crippen LogP contribution in [0, 0.1) is 0 Å². The lowest BCUT2D eigenvalue weighted by molar-refractivity contribution is 0.100. The molecule has 2 aromatic carbocycles. The molecule has 0 unspecified atom stereocenters. The molecule has 0 aliphatic carbocycles. The van der Waals surface area contributed by atoms with Crippen molar-refractivity contribution in [2.75, 3.05) is 0 Å². The predicted octanol–water partition coefficient (Wildman–Crippen LogP) is 2.73. The summed E-state index contributed by atoms with van der Waals surface area (Å²) in [7, 11) is 1.89. The molecule has 4 rings (SSSR count). The van der Waals surface area contributed by atoms with Crippen LogP contribution in [0.2, 0.25) is 0 Å². The molecule has 0 saturated heterocycles. The summed E-state index contributed by atoms with van der Waals surface area (Å²) in [5.41, 5.74) is 10.3. The molecule has 24 heavy (non-hydrogen) atoms. The minimum atomic E-state index is -0.481. The normalized spacial score (nSPS) is 11.0. The third-order valence-electron chi connectivity index (χ3n) is 3.97. The van der Waals surface area contributed by atoms with Crippen molar-refractivity contribution in [3.63, 3.8) is 0 Å². The molecule has 0 fully saturated rings. The zero-order chi connectivity index (χ0) is 16.7. The van der Waals surface area contributed by atoms with Gasteiger partial charge < -0.3 is 10.7 Å². The standard InChI is InChI=1S/C18H15N5O/c1-23-10-13(9-20-23)11-5-7-12(8-6-11)18-21-15-4-2-3-14(17(19)24)16(15)22-18/h2-10H,1H3,(H2,19,24)(H,21,22). The van der Waals surface area contributed by atoms with E-state index in [1.165, 1.54) is 0 Å². The number of benzene rings is 2. The number of nitrogens with two attached hydrogens (primary N) is 1. The van der Waals surface area contributed by atoms with Crippen LogP contribution in [0.5, 0.6) is 0 Å². The number of imidazole rings is 1. The molecule has 118 valence electrons. The molecular formula is C18H15N5O. The van der Waals surface area contributed by atoms with Crippen molar-refractivity contribution in [1.82, 2.24) is 19.7 Å². The largest absolute Gasteiger partial charge is 0.366 e. The van der Waals surface area contributed by atoms with Crippen LogP contribution in [-0.4, -0.2) is 25.7 Å². The Morgan fingerprint density at radius 2 is 1.83 bits per heavy atom. The summed E-state index contributed by atoms with van der Waals surface area (Å²) in [6, 6.07) is 13.4. The zero-order valence-electron chi connectivity index (χ0n) is 13.0. The van der Waals surface area contributed by atoms with Gasteiger partial charge in [0.2, 0.25) is 0 Å². The maximum absolute atomic E-state index is 11.5. The Labute approximate surface area is 137 Å².